The molecule has 32 heavy (non-hydrogen) atoms. The number of piperidine rings is 1. The summed E-state index contributed by atoms with van der Waals surface area (Å²) in [5.74, 6) is 0.390. The number of anilines is 1. The highest BCUT2D eigenvalue weighted by Gasteiger charge is 2.30. The Hall–Kier alpha value is -2.90. The monoisotopic (exact) mass is 433 g/mol. The molecule has 0 unspecified atom stereocenters. The number of fused-ring (bicyclic) bond motifs is 1. The molecule has 0 bridgehead atoms. The Bertz CT molecular complexity index is 1070. The summed E-state index contributed by atoms with van der Waals surface area (Å²) in [5, 5.41) is 6.46. The molecule has 3 N–H and O–H groups in total. The van der Waals surface area contributed by atoms with E-state index in [9.17, 15) is 9.59 Å². The van der Waals surface area contributed by atoms with Crippen molar-refractivity contribution < 1.29 is 9.59 Å². The summed E-state index contributed by atoms with van der Waals surface area (Å²) in [6.07, 6.45) is 4.06. The van der Waals surface area contributed by atoms with E-state index in [0.29, 0.717) is 17.2 Å². The molecule has 168 valence electrons. The first-order valence-electron chi connectivity index (χ1n) is 11.6. The van der Waals surface area contributed by atoms with Gasteiger partial charge < -0.3 is 25.4 Å². The second-order valence-corrected chi connectivity index (χ2v) is 9.18. The van der Waals surface area contributed by atoms with Crippen molar-refractivity contribution in [1.82, 2.24) is 20.1 Å². The number of nitrogens with one attached hydrogen (secondary N) is 3. The van der Waals surface area contributed by atoms with Crippen molar-refractivity contribution in [2.75, 3.05) is 51.6 Å². The van der Waals surface area contributed by atoms with Crippen molar-refractivity contribution in [3.05, 3.63) is 52.3 Å². The number of likely N-dealkylation sites (N-methyl/N-ethyl adjacent to an activating group) is 1. The van der Waals surface area contributed by atoms with Crippen LogP contribution in [0.2, 0.25) is 0 Å². The number of amides is 2. The van der Waals surface area contributed by atoms with Crippen molar-refractivity contribution in [3.8, 4) is 0 Å². The van der Waals surface area contributed by atoms with Crippen LogP contribution in [0.4, 0.5) is 5.69 Å². The second kappa shape index (κ2) is 8.56. The van der Waals surface area contributed by atoms with Crippen LogP contribution in [0.3, 0.4) is 0 Å². The van der Waals surface area contributed by atoms with Gasteiger partial charge >= 0.3 is 0 Å². The van der Waals surface area contributed by atoms with E-state index in [1.54, 1.807) is 0 Å². The first kappa shape index (κ1) is 21.0. The second-order valence-electron chi connectivity index (χ2n) is 9.18. The topological polar surface area (TPSA) is 80.5 Å². The van der Waals surface area contributed by atoms with Crippen molar-refractivity contribution >= 4 is 29.2 Å². The molecule has 0 radical (unpaired) electrons. The Morgan fingerprint density at radius 2 is 1.88 bits per heavy atom. The van der Waals surface area contributed by atoms with E-state index < -0.39 is 0 Å². The highest BCUT2D eigenvalue weighted by molar-refractivity contribution is 6.35. The number of rotatable bonds is 3. The van der Waals surface area contributed by atoms with Crippen LogP contribution >= 0.6 is 0 Å². The molecular formula is C25H31N5O2. The van der Waals surface area contributed by atoms with Gasteiger partial charge in [0.05, 0.1) is 5.57 Å². The van der Waals surface area contributed by atoms with Gasteiger partial charge in [-0.3, -0.25) is 9.59 Å². The number of hydrogen-bond acceptors (Lipinski definition) is 4. The summed E-state index contributed by atoms with van der Waals surface area (Å²) in [4.78, 5) is 33.3. The predicted octanol–water partition coefficient (Wildman–Crippen LogP) is 2.67. The van der Waals surface area contributed by atoms with Crippen LogP contribution in [-0.2, 0) is 4.79 Å². The van der Waals surface area contributed by atoms with Gasteiger partial charge in [-0.05, 0) is 75.2 Å². The first-order valence-corrected chi connectivity index (χ1v) is 11.6. The van der Waals surface area contributed by atoms with E-state index in [1.807, 2.05) is 36.1 Å². The Labute approximate surface area is 188 Å². The SMILES string of the molecule is Cc1cc(C(=O)N2CCN(C)CC2)[nH]c1C=C1C(=O)Nc2cccc(C3CCNCC3)c21. The minimum atomic E-state index is -0.0812. The van der Waals surface area contributed by atoms with Gasteiger partial charge in [0.1, 0.15) is 5.69 Å². The summed E-state index contributed by atoms with van der Waals surface area (Å²) < 4.78 is 0. The smallest absolute Gasteiger partial charge is 0.270 e. The van der Waals surface area contributed by atoms with E-state index in [4.69, 9.17) is 0 Å². The zero-order valence-electron chi connectivity index (χ0n) is 18.8. The molecule has 0 saturated carbocycles. The quantitative estimate of drug-likeness (QED) is 0.650. The van der Waals surface area contributed by atoms with Crippen molar-refractivity contribution in [3.63, 3.8) is 0 Å². The maximum absolute atomic E-state index is 13.0. The van der Waals surface area contributed by atoms with Crippen LogP contribution < -0.4 is 10.6 Å². The van der Waals surface area contributed by atoms with E-state index in [1.165, 1.54) is 5.56 Å². The minimum absolute atomic E-state index is 0.0255. The molecule has 7 heteroatoms. The van der Waals surface area contributed by atoms with Gasteiger partial charge in [0, 0.05) is 43.1 Å². The normalized spacial score (nSPS) is 21.1. The number of H-pyrrole nitrogens is 1. The van der Waals surface area contributed by atoms with Crippen LogP contribution in [0.15, 0.2) is 24.3 Å². The predicted molar refractivity (Wildman–Crippen MR) is 127 cm³/mol. The first-order chi connectivity index (χ1) is 15.5. The molecule has 2 saturated heterocycles. The fourth-order valence-electron chi connectivity index (χ4n) is 5.05. The molecule has 2 fully saturated rings. The number of aromatic amines is 1. The summed E-state index contributed by atoms with van der Waals surface area (Å²) in [6.45, 7) is 7.23. The molecule has 7 nitrogen and oxygen atoms in total. The number of aryl methyl sites for hydroxylation is 1. The van der Waals surface area contributed by atoms with Gasteiger partial charge in [0.15, 0.2) is 0 Å². The molecule has 1 aromatic carbocycles. The maximum Gasteiger partial charge on any atom is 0.270 e. The number of benzene rings is 1. The van der Waals surface area contributed by atoms with E-state index in [0.717, 1.165) is 74.6 Å². The fourth-order valence-corrected chi connectivity index (χ4v) is 5.05. The summed E-state index contributed by atoms with van der Waals surface area (Å²) in [6, 6.07) is 8.07. The molecular weight excluding hydrogens is 402 g/mol. The molecule has 3 aliphatic heterocycles. The molecule has 4 heterocycles. The van der Waals surface area contributed by atoms with Gasteiger partial charge in [-0.1, -0.05) is 12.1 Å². The molecule has 2 aromatic rings. The van der Waals surface area contributed by atoms with Crippen molar-refractivity contribution in [1.29, 1.82) is 0 Å². The lowest BCUT2D eigenvalue weighted by Crippen LogP contribution is -2.47. The number of nitrogens with zero attached hydrogens (tertiary/aromatic N) is 2. The van der Waals surface area contributed by atoms with Gasteiger partial charge in [-0.2, -0.15) is 0 Å². The molecule has 2 amide bonds. The lowest BCUT2D eigenvalue weighted by molar-refractivity contribution is -0.110. The van der Waals surface area contributed by atoms with Crippen LogP contribution in [0, 0.1) is 6.92 Å². The zero-order chi connectivity index (χ0) is 22.2. The molecule has 1 aromatic heterocycles. The average molecular weight is 434 g/mol. The Kier molecular flexibility index (Phi) is 5.61. The number of carbonyl (C=O) groups is 2. The van der Waals surface area contributed by atoms with Gasteiger partial charge in [-0.25, -0.2) is 0 Å². The van der Waals surface area contributed by atoms with Crippen LogP contribution in [0.5, 0.6) is 0 Å². The fraction of sp³-hybridized carbons (Fsp3) is 0.440. The summed E-state index contributed by atoms with van der Waals surface area (Å²) >= 11 is 0. The van der Waals surface area contributed by atoms with E-state index in [2.05, 4.69) is 33.6 Å². The number of hydrogen-bond donors (Lipinski definition) is 3. The van der Waals surface area contributed by atoms with Crippen LogP contribution in [-0.4, -0.2) is 72.9 Å². The largest absolute Gasteiger partial charge is 0.351 e. The van der Waals surface area contributed by atoms with Gasteiger partial charge in [0.25, 0.3) is 11.8 Å². The maximum atomic E-state index is 13.0. The third kappa shape index (κ3) is 3.87. The average Bonchev–Trinajstić information content (AvgIpc) is 3.34. The summed E-state index contributed by atoms with van der Waals surface area (Å²) in [5.41, 5.74) is 6.20. The Morgan fingerprint density at radius 1 is 1.12 bits per heavy atom. The standard InChI is InChI=1S/C25H31N5O2/c1-16-14-22(25(32)30-12-10-29(2)11-13-30)27-21(16)15-19-23-18(17-6-8-26-9-7-17)4-3-5-20(23)28-24(19)31/h3-5,14-15,17,26-27H,6-13H2,1-2H3,(H,28,31). The number of carbonyl (C=O) groups excluding carboxylic acids is 2. The lowest BCUT2D eigenvalue weighted by atomic mass is 9.85. The number of aromatic nitrogens is 1. The van der Waals surface area contributed by atoms with Gasteiger partial charge in [-0.15, -0.1) is 0 Å². The van der Waals surface area contributed by atoms with Crippen LogP contribution in [0.1, 0.15) is 51.6 Å². The molecule has 3 aliphatic rings. The highest BCUT2D eigenvalue weighted by atomic mass is 16.2. The van der Waals surface area contributed by atoms with E-state index in [-0.39, 0.29) is 11.8 Å². The Balaban J connectivity index is 1.47. The van der Waals surface area contributed by atoms with Crippen molar-refractivity contribution in [2.45, 2.75) is 25.7 Å². The van der Waals surface area contributed by atoms with Crippen molar-refractivity contribution in [2.24, 2.45) is 0 Å². The lowest BCUT2D eigenvalue weighted by Gasteiger charge is -2.32. The highest BCUT2D eigenvalue weighted by Crippen LogP contribution is 2.41. The minimum Gasteiger partial charge on any atom is -0.351 e. The van der Waals surface area contributed by atoms with E-state index >= 15 is 0 Å². The molecule has 0 spiro atoms. The summed E-state index contributed by atoms with van der Waals surface area (Å²) in [7, 11) is 2.08. The van der Waals surface area contributed by atoms with Crippen LogP contribution in [0.25, 0.3) is 11.6 Å². The third-order valence-corrected chi connectivity index (χ3v) is 7.00. The molecule has 0 aliphatic carbocycles. The molecule has 0 atom stereocenters. The van der Waals surface area contributed by atoms with Gasteiger partial charge in [0.2, 0.25) is 0 Å². The Morgan fingerprint density at radius 3 is 2.62 bits per heavy atom. The zero-order valence-corrected chi connectivity index (χ0v) is 18.8. The number of piperazine rings is 1. The third-order valence-electron chi connectivity index (χ3n) is 7.00. The molecule has 5 rings (SSSR count).